The first-order chi connectivity index (χ1) is 12.4. The van der Waals surface area contributed by atoms with Gasteiger partial charge in [0, 0.05) is 48.6 Å². The molecule has 0 aromatic carbocycles. The van der Waals surface area contributed by atoms with Gasteiger partial charge >= 0.3 is 0 Å². The molecular weight excluding hydrogens is 326 g/mol. The summed E-state index contributed by atoms with van der Waals surface area (Å²) in [6, 6.07) is 3.72. The van der Waals surface area contributed by atoms with Crippen LogP contribution < -0.4 is 4.90 Å². The van der Waals surface area contributed by atoms with Crippen LogP contribution >= 0.6 is 0 Å². The number of likely N-dealkylation sites (tertiary alicyclic amines) is 1. The van der Waals surface area contributed by atoms with Crippen LogP contribution in [-0.4, -0.2) is 38.8 Å². The third kappa shape index (κ3) is 3.16. The van der Waals surface area contributed by atoms with Crippen LogP contribution in [-0.2, 0) is 18.5 Å². The summed E-state index contributed by atoms with van der Waals surface area (Å²) in [6.07, 6.45) is 5.86. The van der Waals surface area contributed by atoms with Crippen molar-refractivity contribution < 1.29 is 4.79 Å². The molecule has 1 fully saturated rings. The van der Waals surface area contributed by atoms with Gasteiger partial charge in [0.2, 0.25) is 0 Å². The Morgan fingerprint density at radius 3 is 2.62 bits per heavy atom. The van der Waals surface area contributed by atoms with Crippen LogP contribution in [0.3, 0.4) is 0 Å². The molecule has 0 unspecified atom stereocenters. The first-order valence-electron chi connectivity index (χ1n) is 9.27. The van der Waals surface area contributed by atoms with Gasteiger partial charge in [0.1, 0.15) is 11.6 Å². The zero-order chi connectivity index (χ0) is 18.3. The Labute approximate surface area is 154 Å². The standard InChI is InChI=1S/C20H25N5O/c1-20(2,3)19-22-11-15-12-25(13-16(15)23-19)17-10-14(6-7-21-17)18(26)24-8-4-5-9-24/h6-7,10-11H,4-5,8-9,12-13H2,1-3H3. The summed E-state index contributed by atoms with van der Waals surface area (Å²) < 4.78 is 0. The van der Waals surface area contributed by atoms with Crippen LogP contribution in [0.5, 0.6) is 0 Å². The molecule has 0 bridgehead atoms. The first kappa shape index (κ1) is 16.9. The minimum absolute atomic E-state index is 0.0667. The number of nitrogens with zero attached hydrogens (tertiary/aromatic N) is 5. The molecule has 26 heavy (non-hydrogen) atoms. The lowest BCUT2D eigenvalue weighted by Crippen LogP contribution is -2.28. The minimum atomic E-state index is -0.0667. The Bertz CT molecular complexity index is 836. The molecule has 4 heterocycles. The molecule has 1 amide bonds. The van der Waals surface area contributed by atoms with Gasteiger partial charge in [-0.05, 0) is 25.0 Å². The average molecular weight is 351 g/mol. The maximum Gasteiger partial charge on any atom is 0.254 e. The average Bonchev–Trinajstić information content (AvgIpc) is 3.29. The van der Waals surface area contributed by atoms with Crippen LogP contribution in [0, 0.1) is 0 Å². The highest BCUT2D eigenvalue weighted by Gasteiger charge is 2.26. The first-order valence-corrected chi connectivity index (χ1v) is 9.27. The molecule has 1 saturated heterocycles. The maximum absolute atomic E-state index is 12.6. The lowest BCUT2D eigenvalue weighted by atomic mass is 9.95. The normalized spacial score (nSPS) is 16.9. The number of hydrogen-bond acceptors (Lipinski definition) is 5. The maximum atomic E-state index is 12.6. The van der Waals surface area contributed by atoms with Crippen molar-refractivity contribution in [1.29, 1.82) is 0 Å². The molecule has 6 heteroatoms. The van der Waals surface area contributed by atoms with Gasteiger partial charge in [-0.25, -0.2) is 15.0 Å². The second-order valence-corrected chi connectivity index (χ2v) is 8.17. The van der Waals surface area contributed by atoms with Crippen LogP contribution in [0.25, 0.3) is 0 Å². The molecule has 6 nitrogen and oxygen atoms in total. The number of anilines is 1. The molecule has 2 aliphatic rings. The number of carbonyl (C=O) groups is 1. The van der Waals surface area contributed by atoms with E-state index in [1.165, 1.54) is 0 Å². The molecule has 2 aliphatic heterocycles. The van der Waals surface area contributed by atoms with Crippen LogP contribution in [0.1, 0.15) is 61.1 Å². The van der Waals surface area contributed by atoms with Crippen LogP contribution in [0.4, 0.5) is 5.82 Å². The number of rotatable bonds is 2. The van der Waals surface area contributed by atoms with E-state index in [0.717, 1.165) is 55.4 Å². The van der Waals surface area contributed by atoms with Gasteiger partial charge in [0.05, 0.1) is 12.2 Å². The SMILES string of the molecule is CC(C)(C)c1ncc2c(n1)CN(c1cc(C(=O)N3CCCC3)ccn1)C2. The van der Waals surface area contributed by atoms with E-state index in [-0.39, 0.29) is 11.3 Å². The van der Waals surface area contributed by atoms with Crippen molar-refractivity contribution in [2.75, 3.05) is 18.0 Å². The van der Waals surface area contributed by atoms with E-state index < -0.39 is 0 Å². The van der Waals surface area contributed by atoms with Crippen molar-refractivity contribution in [3.63, 3.8) is 0 Å². The fraction of sp³-hybridized carbons (Fsp3) is 0.500. The van der Waals surface area contributed by atoms with E-state index in [9.17, 15) is 4.79 Å². The second kappa shape index (κ2) is 6.34. The number of fused-ring (bicyclic) bond motifs is 1. The Morgan fingerprint density at radius 1 is 1.12 bits per heavy atom. The Morgan fingerprint density at radius 2 is 1.88 bits per heavy atom. The van der Waals surface area contributed by atoms with Crippen molar-refractivity contribution in [3.05, 3.63) is 47.2 Å². The summed E-state index contributed by atoms with van der Waals surface area (Å²) in [5.74, 6) is 1.80. The number of amides is 1. The quantitative estimate of drug-likeness (QED) is 0.832. The summed E-state index contributed by atoms with van der Waals surface area (Å²) in [5.41, 5.74) is 2.84. The third-order valence-electron chi connectivity index (χ3n) is 5.04. The van der Waals surface area contributed by atoms with Crippen molar-refractivity contribution in [2.24, 2.45) is 0 Å². The summed E-state index contributed by atoms with van der Waals surface area (Å²) in [6.45, 7) is 9.51. The van der Waals surface area contributed by atoms with Gasteiger partial charge in [-0.2, -0.15) is 0 Å². The minimum Gasteiger partial charge on any atom is -0.346 e. The molecule has 2 aromatic rings. The molecule has 4 rings (SSSR count). The largest absolute Gasteiger partial charge is 0.346 e. The van der Waals surface area contributed by atoms with Crippen molar-refractivity contribution in [1.82, 2.24) is 19.9 Å². The smallest absolute Gasteiger partial charge is 0.254 e. The number of pyridine rings is 1. The predicted molar refractivity (Wildman–Crippen MR) is 100.0 cm³/mol. The fourth-order valence-corrected chi connectivity index (χ4v) is 3.50. The summed E-state index contributed by atoms with van der Waals surface area (Å²) in [4.78, 5) is 30.5. The molecule has 0 radical (unpaired) electrons. The van der Waals surface area contributed by atoms with E-state index in [1.54, 1.807) is 6.20 Å². The highest BCUT2D eigenvalue weighted by molar-refractivity contribution is 5.95. The van der Waals surface area contributed by atoms with Crippen molar-refractivity contribution in [2.45, 2.75) is 52.1 Å². The summed E-state index contributed by atoms with van der Waals surface area (Å²) in [7, 11) is 0. The Hall–Kier alpha value is -2.50. The van der Waals surface area contributed by atoms with E-state index in [2.05, 4.69) is 35.6 Å². The Balaban J connectivity index is 1.55. The second-order valence-electron chi connectivity index (χ2n) is 8.17. The molecule has 136 valence electrons. The highest BCUT2D eigenvalue weighted by Crippen LogP contribution is 2.28. The van der Waals surface area contributed by atoms with Gasteiger partial charge in [0.15, 0.2) is 0 Å². The highest BCUT2D eigenvalue weighted by atomic mass is 16.2. The zero-order valence-corrected chi connectivity index (χ0v) is 15.7. The van der Waals surface area contributed by atoms with Gasteiger partial charge in [-0.1, -0.05) is 20.8 Å². The Kier molecular flexibility index (Phi) is 4.13. The van der Waals surface area contributed by atoms with Gasteiger partial charge in [0.25, 0.3) is 5.91 Å². The number of aromatic nitrogens is 3. The van der Waals surface area contributed by atoms with E-state index in [0.29, 0.717) is 12.1 Å². The van der Waals surface area contributed by atoms with Crippen molar-refractivity contribution in [3.8, 4) is 0 Å². The van der Waals surface area contributed by atoms with Crippen LogP contribution in [0.15, 0.2) is 24.5 Å². The van der Waals surface area contributed by atoms with E-state index in [1.807, 2.05) is 23.2 Å². The molecule has 0 atom stereocenters. The summed E-state index contributed by atoms with van der Waals surface area (Å²) >= 11 is 0. The lowest BCUT2D eigenvalue weighted by molar-refractivity contribution is 0.0792. The van der Waals surface area contributed by atoms with Crippen LogP contribution in [0.2, 0.25) is 0 Å². The van der Waals surface area contributed by atoms with Gasteiger partial charge < -0.3 is 9.80 Å². The fourth-order valence-electron chi connectivity index (χ4n) is 3.50. The molecule has 0 N–H and O–H groups in total. The van der Waals surface area contributed by atoms with E-state index >= 15 is 0 Å². The molecule has 0 spiro atoms. The van der Waals surface area contributed by atoms with Gasteiger partial charge in [-0.3, -0.25) is 4.79 Å². The monoisotopic (exact) mass is 351 g/mol. The molecule has 2 aromatic heterocycles. The topological polar surface area (TPSA) is 62.2 Å². The summed E-state index contributed by atoms with van der Waals surface area (Å²) in [5, 5.41) is 0. The molecule has 0 saturated carbocycles. The predicted octanol–water partition coefficient (Wildman–Crippen LogP) is 2.93. The zero-order valence-electron chi connectivity index (χ0n) is 15.7. The molecular formula is C20H25N5O. The lowest BCUT2D eigenvalue weighted by Gasteiger charge is -2.19. The van der Waals surface area contributed by atoms with Gasteiger partial charge in [-0.15, -0.1) is 0 Å². The van der Waals surface area contributed by atoms with Crippen molar-refractivity contribution >= 4 is 11.7 Å². The molecule has 0 aliphatic carbocycles. The number of hydrogen-bond donors (Lipinski definition) is 0. The van der Waals surface area contributed by atoms with E-state index in [4.69, 9.17) is 4.98 Å². The number of carbonyl (C=O) groups excluding carboxylic acids is 1. The third-order valence-corrected chi connectivity index (χ3v) is 5.04.